The van der Waals surface area contributed by atoms with E-state index in [1.165, 1.54) is 5.56 Å². The van der Waals surface area contributed by atoms with Crippen molar-refractivity contribution in [3.63, 3.8) is 0 Å². The van der Waals surface area contributed by atoms with Gasteiger partial charge in [0.25, 0.3) is 0 Å². The Labute approximate surface area is 153 Å². The van der Waals surface area contributed by atoms with Crippen molar-refractivity contribution in [2.45, 2.75) is 31.3 Å². The fraction of sp³-hybridized carbons (Fsp3) is 0.316. The normalized spacial score (nSPS) is 22.4. The molecule has 3 N–H and O–H groups in total. The Morgan fingerprint density at radius 2 is 1.88 bits per heavy atom. The number of para-hydroxylation sites is 1. The molecular weight excluding hydrogens is 366 g/mol. The van der Waals surface area contributed by atoms with Crippen LogP contribution in [0.15, 0.2) is 59.6 Å². The molecule has 4 nitrogen and oxygen atoms in total. The van der Waals surface area contributed by atoms with Gasteiger partial charge in [0.2, 0.25) is 0 Å². The largest absolute Gasteiger partial charge is 0.496 e. The van der Waals surface area contributed by atoms with Crippen LogP contribution in [0, 0.1) is 0 Å². The standard InChI is InChI=1S/C19H23N3O.BrH/c1-19(15-9-4-3-5-10-15)12-17(19)22-18(20)21-13-14-8-6-7-11-16(14)23-2;/h3-11,17H,12-13H2,1-2H3,(H3,20,21,22);1H. The van der Waals surface area contributed by atoms with Crippen LogP contribution in [0.3, 0.4) is 0 Å². The van der Waals surface area contributed by atoms with Gasteiger partial charge in [0.05, 0.1) is 13.7 Å². The molecule has 0 saturated heterocycles. The molecule has 2 atom stereocenters. The lowest BCUT2D eigenvalue weighted by atomic mass is 9.98. The van der Waals surface area contributed by atoms with Crippen molar-refractivity contribution in [1.29, 1.82) is 0 Å². The highest BCUT2D eigenvalue weighted by atomic mass is 79.9. The minimum Gasteiger partial charge on any atom is -0.496 e. The molecule has 2 aromatic carbocycles. The zero-order valence-electron chi connectivity index (χ0n) is 14.0. The van der Waals surface area contributed by atoms with Gasteiger partial charge in [-0.3, -0.25) is 0 Å². The molecule has 1 aliphatic rings. The Balaban J connectivity index is 0.00000208. The van der Waals surface area contributed by atoms with E-state index < -0.39 is 0 Å². The molecule has 0 aromatic heterocycles. The molecule has 1 saturated carbocycles. The summed E-state index contributed by atoms with van der Waals surface area (Å²) in [5.41, 5.74) is 8.57. The second-order valence-corrected chi connectivity index (χ2v) is 6.20. The zero-order chi connectivity index (χ0) is 16.3. The number of halogens is 1. The summed E-state index contributed by atoms with van der Waals surface area (Å²) in [6, 6.07) is 18.7. The van der Waals surface area contributed by atoms with Crippen molar-refractivity contribution < 1.29 is 4.74 Å². The highest BCUT2D eigenvalue weighted by molar-refractivity contribution is 8.93. The van der Waals surface area contributed by atoms with Crippen LogP contribution in [0.5, 0.6) is 5.75 Å². The SMILES string of the molecule is Br.COc1ccccc1CN=C(N)NC1CC1(C)c1ccccc1. The van der Waals surface area contributed by atoms with E-state index >= 15 is 0 Å². The van der Waals surface area contributed by atoms with Gasteiger partial charge >= 0.3 is 0 Å². The smallest absolute Gasteiger partial charge is 0.189 e. The minimum absolute atomic E-state index is 0. The molecule has 0 aliphatic heterocycles. The molecule has 5 heteroatoms. The maximum absolute atomic E-state index is 6.05. The predicted molar refractivity (Wildman–Crippen MR) is 104 cm³/mol. The third-order valence-electron chi connectivity index (χ3n) is 4.60. The van der Waals surface area contributed by atoms with E-state index in [9.17, 15) is 0 Å². The third kappa shape index (κ3) is 3.90. The molecule has 0 spiro atoms. The first-order chi connectivity index (χ1) is 11.1. The van der Waals surface area contributed by atoms with E-state index in [2.05, 4.69) is 41.5 Å². The van der Waals surface area contributed by atoms with Crippen molar-refractivity contribution in [3.8, 4) is 5.75 Å². The van der Waals surface area contributed by atoms with Crippen molar-refractivity contribution >= 4 is 22.9 Å². The van der Waals surface area contributed by atoms with Crippen LogP contribution in [0.4, 0.5) is 0 Å². The number of nitrogens with one attached hydrogen (secondary N) is 1. The van der Waals surface area contributed by atoms with Crippen LogP contribution in [-0.2, 0) is 12.0 Å². The zero-order valence-corrected chi connectivity index (χ0v) is 15.7. The number of rotatable bonds is 5. The number of benzene rings is 2. The Hall–Kier alpha value is -2.01. The summed E-state index contributed by atoms with van der Waals surface area (Å²) >= 11 is 0. The first-order valence-corrected chi connectivity index (χ1v) is 7.87. The minimum atomic E-state index is 0. The number of guanidine groups is 1. The second-order valence-electron chi connectivity index (χ2n) is 6.20. The molecule has 128 valence electrons. The molecule has 1 fully saturated rings. The van der Waals surface area contributed by atoms with E-state index in [4.69, 9.17) is 10.5 Å². The fourth-order valence-corrected chi connectivity index (χ4v) is 2.94. The summed E-state index contributed by atoms with van der Waals surface area (Å²) in [7, 11) is 1.67. The number of aliphatic imine (C=N–C) groups is 1. The molecule has 24 heavy (non-hydrogen) atoms. The molecule has 2 aromatic rings. The number of hydrogen-bond acceptors (Lipinski definition) is 2. The number of nitrogens with zero attached hydrogens (tertiary/aromatic N) is 1. The average Bonchev–Trinajstić information content (AvgIpc) is 3.25. The van der Waals surface area contributed by atoms with Crippen molar-refractivity contribution in [2.75, 3.05) is 7.11 Å². The van der Waals surface area contributed by atoms with Gasteiger partial charge in [-0.25, -0.2) is 4.99 Å². The summed E-state index contributed by atoms with van der Waals surface area (Å²) in [4.78, 5) is 4.45. The van der Waals surface area contributed by atoms with Crippen LogP contribution in [0.25, 0.3) is 0 Å². The van der Waals surface area contributed by atoms with E-state index in [0.717, 1.165) is 17.7 Å². The van der Waals surface area contributed by atoms with Crippen LogP contribution in [0.2, 0.25) is 0 Å². The molecule has 3 rings (SSSR count). The number of methoxy groups -OCH3 is 1. The van der Waals surface area contributed by atoms with E-state index in [0.29, 0.717) is 18.5 Å². The van der Waals surface area contributed by atoms with Crippen LogP contribution < -0.4 is 15.8 Å². The van der Waals surface area contributed by atoms with Gasteiger partial charge in [-0.15, -0.1) is 17.0 Å². The van der Waals surface area contributed by atoms with Gasteiger partial charge in [0.1, 0.15) is 5.75 Å². The first-order valence-electron chi connectivity index (χ1n) is 7.87. The number of hydrogen-bond donors (Lipinski definition) is 2. The quantitative estimate of drug-likeness (QED) is 0.608. The van der Waals surface area contributed by atoms with E-state index in [1.54, 1.807) is 7.11 Å². The average molecular weight is 390 g/mol. The Kier molecular flexibility index (Phi) is 5.89. The molecule has 0 heterocycles. The predicted octanol–water partition coefficient (Wildman–Crippen LogP) is 3.41. The van der Waals surface area contributed by atoms with Gasteiger partial charge in [0, 0.05) is 17.0 Å². The van der Waals surface area contributed by atoms with E-state index in [-0.39, 0.29) is 22.4 Å². The molecule has 0 radical (unpaired) electrons. The maximum Gasteiger partial charge on any atom is 0.189 e. The highest BCUT2D eigenvalue weighted by Crippen LogP contribution is 2.47. The summed E-state index contributed by atoms with van der Waals surface area (Å²) in [5.74, 6) is 1.32. The van der Waals surface area contributed by atoms with Crippen LogP contribution >= 0.6 is 17.0 Å². The van der Waals surface area contributed by atoms with Crippen LogP contribution in [0.1, 0.15) is 24.5 Å². The maximum atomic E-state index is 6.05. The van der Waals surface area contributed by atoms with Gasteiger partial charge in [0.15, 0.2) is 5.96 Å². The summed E-state index contributed by atoms with van der Waals surface area (Å²) < 4.78 is 5.33. The Bertz CT molecular complexity index is 705. The lowest BCUT2D eigenvalue weighted by molar-refractivity contribution is 0.410. The fourth-order valence-electron chi connectivity index (χ4n) is 2.94. The van der Waals surface area contributed by atoms with Crippen molar-refractivity contribution in [2.24, 2.45) is 10.7 Å². The lowest BCUT2D eigenvalue weighted by Crippen LogP contribution is -2.36. The monoisotopic (exact) mass is 389 g/mol. The molecule has 2 unspecified atom stereocenters. The van der Waals surface area contributed by atoms with Crippen molar-refractivity contribution in [1.82, 2.24) is 5.32 Å². The molecule has 0 bridgehead atoms. The van der Waals surface area contributed by atoms with Gasteiger partial charge in [-0.1, -0.05) is 55.5 Å². The molecule has 0 amide bonds. The summed E-state index contributed by atoms with van der Waals surface area (Å²) in [6.45, 7) is 2.77. The topological polar surface area (TPSA) is 59.6 Å². The van der Waals surface area contributed by atoms with Gasteiger partial charge in [-0.05, 0) is 18.1 Å². The first kappa shape index (κ1) is 18.3. The third-order valence-corrected chi connectivity index (χ3v) is 4.60. The number of ether oxygens (including phenoxy) is 1. The van der Waals surface area contributed by atoms with Gasteiger partial charge < -0.3 is 15.8 Å². The summed E-state index contributed by atoms with van der Waals surface area (Å²) in [5, 5.41) is 3.34. The van der Waals surface area contributed by atoms with Gasteiger partial charge in [-0.2, -0.15) is 0 Å². The van der Waals surface area contributed by atoms with Crippen molar-refractivity contribution in [3.05, 3.63) is 65.7 Å². The second kappa shape index (κ2) is 7.71. The van der Waals surface area contributed by atoms with Crippen LogP contribution in [-0.4, -0.2) is 19.1 Å². The summed E-state index contributed by atoms with van der Waals surface area (Å²) in [6.07, 6.45) is 1.07. The molecule has 1 aliphatic carbocycles. The highest BCUT2D eigenvalue weighted by Gasteiger charge is 2.51. The van der Waals surface area contributed by atoms with E-state index in [1.807, 2.05) is 30.3 Å². The Morgan fingerprint density at radius 3 is 2.58 bits per heavy atom. The Morgan fingerprint density at radius 1 is 1.21 bits per heavy atom. The number of nitrogens with two attached hydrogens (primary N) is 1. The molecular formula is C19H24BrN3O. The lowest BCUT2D eigenvalue weighted by Gasteiger charge is -2.13.